The number of hydrogen-bond donors (Lipinski definition) is 1. The molecule has 0 spiro atoms. The summed E-state index contributed by atoms with van der Waals surface area (Å²) >= 11 is 0. The van der Waals surface area contributed by atoms with Gasteiger partial charge in [-0.1, -0.05) is 0 Å². The molecule has 1 aromatic heterocycles. The molecule has 1 N–H and O–H groups in total. The first-order valence-corrected chi connectivity index (χ1v) is 7.73. The van der Waals surface area contributed by atoms with Gasteiger partial charge in [0, 0.05) is 44.7 Å². The molecule has 2 aliphatic heterocycles. The van der Waals surface area contributed by atoms with E-state index in [9.17, 15) is 9.59 Å². The number of ether oxygens (including phenoxy) is 1. The van der Waals surface area contributed by atoms with Crippen LogP contribution in [0.2, 0.25) is 0 Å². The molecular weight excluding hydrogens is 282 g/mol. The van der Waals surface area contributed by atoms with Crippen LogP contribution in [0.1, 0.15) is 19.8 Å². The smallest absolute Gasteiger partial charge is 0.228 e. The number of rotatable bonds is 2. The third-order valence-corrected chi connectivity index (χ3v) is 4.58. The van der Waals surface area contributed by atoms with Crippen LogP contribution in [0, 0.1) is 11.8 Å². The van der Waals surface area contributed by atoms with Crippen LogP contribution < -0.4 is 5.32 Å². The Kier molecular flexibility index (Phi) is 4.38. The van der Waals surface area contributed by atoms with Gasteiger partial charge in [-0.15, -0.1) is 0 Å². The van der Waals surface area contributed by atoms with Crippen LogP contribution in [-0.2, 0) is 14.3 Å². The molecule has 3 heterocycles. The number of carbonyl (C=O) groups is 2. The summed E-state index contributed by atoms with van der Waals surface area (Å²) in [6.45, 7) is 3.50. The van der Waals surface area contributed by atoms with Crippen molar-refractivity contribution in [2.75, 3.05) is 25.0 Å². The van der Waals surface area contributed by atoms with Crippen molar-refractivity contribution in [1.82, 2.24) is 9.88 Å². The molecule has 2 saturated heterocycles. The highest BCUT2D eigenvalue weighted by molar-refractivity contribution is 5.92. The van der Waals surface area contributed by atoms with E-state index in [-0.39, 0.29) is 29.8 Å². The van der Waals surface area contributed by atoms with Crippen LogP contribution in [0.3, 0.4) is 0 Å². The molecule has 2 amide bonds. The Morgan fingerprint density at radius 1 is 1.41 bits per heavy atom. The van der Waals surface area contributed by atoms with Crippen LogP contribution in [-0.4, -0.2) is 47.5 Å². The molecule has 22 heavy (non-hydrogen) atoms. The van der Waals surface area contributed by atoms with E-state index in [0.29, 0.717) is 31.8 Å². The number of hydrogen-bond acceptors (Lipinski definition) is 4. The van der Waals surface area contributed by atoms with Crippen molar-refractivity contribution >= 4 is 17.5 Å². The molecule has 118 valence electrons. The zero-order valence-corrected chi connectivity index (χ0v) is 12.7. The maximum Gasteiger partial charge on any atom is 0.228 e. The van der Waals surface area contributed by atoms with Gasteiger partial charge in [-0.05, 0) is 25.0 Å². The Labute approximate surface area is 129 Å². The standard InChI is InChI=1S/C16H21N3O3/c1-11(20)19-7-4-15-14(10-19)13(5-8-22-15)16(21)18-12-3-2-6-17-9-12/h2-3,6,9,13-15H,4-5,7-8,10H2,1H3,(H,18,21)/t13-,14-,15-/m1/s1. The number of nitrogens with one attached hydrogen (secondary N) is 1. The van der Waals surface area contributed by atoms with Crippen molar-refractivity contribution in [2.45, 2.75) is 25.9 Å². The Bertz CT molecular complexity index is 549. The lowest BCUT2D eigenvalue weighted by atomic mass is 9.79. The fourth-order valence-electron chi connectivity index (χ4n) is 3.40. The van der Waals surface area contributed by atoms with E-state index >= 15 is 0 Å². The fraction of sp³-hybridized carbons (Fsp3) is 0.562. The topological polar surface area (TPSA) is 71.5 Å². The molecule has 3 rings (SSSR count). The highest BCUT2D eigenvalue weighted by atomic mass is 16.5. The summed E-state index contributed by atoms with van der Waals surface area (Å²) in [5.74, 6) is 0.0105. The first-order valence-electron chi connectivity index (χ1n) is 7.73. The molecule has 0 radical (unpaired) electrons. The Morgan fingerprint density at radius 3 is 3.00 bits per heavy atom. The molecule has 0 unspecified atom stereocenters. The summed E-state index contributed by atoms with van der Waals surface area (Å²) in [6, 6.07) is 3.62. The quantitative estimate of drug-likeness (QED) is 0.894. The van der Waals surface area contributed by atoms with Gasteiger partial charge < -0.3 is 15.0 Å². The van der Waals surface area contributed by atoms with Gasteiger partial charge in [0.2, 0.25) is 11.8 Å². The molecule has 0 bridgehead atoms. The molecule has 0 aromatic carbocycles. The van der Waals surface area contributed by atoms with Gasteiger partial charge >= 0.3 is 0 Å². The maximum atomic E-state index is 12.6. The Balaban J connectivity index is 1.71. The number of anilines is 1. The van der Waals surface area contributed by atoms with Crippen LogP contribution in [0.15, 0.2) is 24.5 Å². The fourth-order valence-corrected chi connectivity index (χ4v) is 3.40. The number of nitrogens with zero attached hydrogens (tertiary/aromatic N) is 2. The SMILES string of the molecule is CC(=O)N1CC[C@H]2OCC[C@@H](C(=O)Nc3cccnc3)[C@H]2C1. The highest BCUT2D eigenvalue weighted by Gasteiger charge is 2.42. The summed E-state index contributed by atoms with van der Waals surface area (Å²) < 4.78 is 5.81. The molecule has 2 fully saturated rings. The predicted molar refractivity (Wildman–Crippen MR) is 81.1 cm³/mol. The van der Waals surface area contributed by atoms with Gasteiger partial charge in [0.1, 0.15) is 0 Å². The van der Waals surface area contributed by atoms with E-state index in [1.54, 1.807) is 25.4 Å². The largest absolute Gasteiger partial charge is 0.378 e. The predicted octanol–water partition coefficient (Wildman–Crippen LogP) is 1.29. The third-order valence-electron chi connectivity index (χ3n) is 4.58. The molecule has 0 aliphatic carbocycles. The van der Waals surface area contributed by atoms with Gasteiger partial charge in [-0.25, -0.2) is 0 Å². The van der Waals surface area contributed by atoms with E-state index < -0.39 is 0 Å². The number of amides is 2. The Morgan fingerprint density at radius 2 is 2.27 bits per heavy atom. The van der Waals surface area contributed by atoms with E-state index in [0.717, 1.165) is 6.42 Å². The second-order valence-electron chi connectivity index (χ2n) is 5.95. The van der Waals surface area contributed by atoms with Crippen molar-refractivity contribution in [3.8, 4) is 0 Å². The second kappa shape index (κ2) is 6.44. The third kappa shape index (κ3) is 3.11. The first-order chi connectivity index (χ1) is 10.6. The second-order valence-corrected chi connectivity index (χ2v) is 5.95. The van der Waals surface area contributed by atoms with Crippen molar-refractivity contribution in [3.63, 3.8) is 0 Å². The monoisotopic (exact) mass is 303 g/mol. The normalized spacial score (nSPS) is 27.9. The lowest BCUT2D eigenvalue weighted by Crippen LogP contribution is -2.53. The van der Waals surface area contributed by atoms with E-state index in [4.69, 9.17) is 4.74 Å². The average molecular weight is 303 g/mol. The van der Waals surface area contributed by atoms with Crippen molar-refractivity contribution in [1.29, 1.82) is 0 Å². The van der Waals surface area contributed by atoms with Crippen molar-refractivity contribution in [2.24, 2.45) is 11.8 Å². The number of carbonyl (C=O) groups excluding carboxylic acids is 2. The summed E-state index contributed by atoms with van der Waals surface area (Å²) in [6.07, 6.45) is 4.89. The zero-order chi connectivity index (χ0) is 15.5. The minimum atomic E-state index is -0.124. The van der Waals surface area contributed by atoms with Crippen LogP contribution in [0.5, 0.6) is 0 Å². The average Bonchev–Trinajstić information content (AvgIpc) is 2.54. The molecule has 0 saturated carbocycles. The minimum Gasteiger partial charge on any atom is -0.378 e. The van der Waals surface area contributed by atoms with Gasteiger partial charge in [0.05, 0.1) is 18.0 Å². The van der Waals surface area contributed by atoms with Gasteiger partial charge in [-0.3, -0.25) is 14.6 Å². The number of piperidine rings is 1. The zero-order valence-electron chi connectivity index (χ0n) is 12.7. The molecule has 3 atom stereocenters. The highest BCUT2D eigenvalue weighted by Crippen LogP contribution is 2.33. The van der Waals surface area contributed by atoms with E-state index in [2.05, 4.69) is 10.3 Å². The number of aromatic nitrogens is 1. The van der Waals surface area contributed by atoms with E-state index in [1.807, 2.05) is 11.0 Å². The number of likely N-dealkylation sites (tertiary alicyclic amines) is 1. The van der Waals surface area contributed by atoms with Gasteiger partial charge in [0.15, 0.2) is 0 Å². The maximum absolute atomic E-state index is 12.6. The molecule has 6 nitrogen and oxygen atoms in total. The molecule has 2 aliphatic rings. The molecular formula is C16H21N3O3. The first kappa shape index (κ1) is 15.0. The lowest BCUT2D eigenvalue weighted by molar-refractivity contribution is -0.146. The number of fused-ring (bicyclic) bond motifs is 1. The molecule has 6 heteroatoms. The molecule has 1 aromatic rings. The Hall–Kier alpha value is -1.95. The summed E-state index contributed by atoms with van der Waals surface area (Å²) in [4.78, 5) is 30.0. The van der Waals surface area contributed by atoms with Crippen molar-refractivity contribution < 1.29 is 14.3 Å². The summed E-state index contributed by atoms with van der Waals surface area (Å²) in [5, 5.41) is 2.93. The van der Waals surface area contributed by atoms with Gasteiger partial charge in [-0.2, -0.15) is 0 Å². The van der Waals surface area contributed by atoms with E-state index in [1.165, 1.54) is 0 Å². The summed E-state index contributed by atoms with van der Waals surface area (Å²) in [7, 11) is 0. The van der Waals surface area contributed by atoms with Crippen LogP contribution in [0.25, 0.3) is 0 Å². The lowest BCUT2D eigenvalue weighted by Gasteiger charge is -2.44. The number of pyridine rings is 1. The van der Waals surface area contributed by atoms with Crippen LogP contribution in [0.4, 0.5) is 5.69 Å². The summed E-state index contributed by atoms with van der Waals surface area (Å²) in [5.41, 5.74) is 0.703. The van der Waals surface area contributed by atoms with Crippen molar-refractivity contribution in [3.05, 3.63) is 24.5 Å². The van der Waals surface area contributed by atoms with Gasteiger partial charge in [0.25, 0.3) is 0 Å². The minimum absolute atomic E-state index is 0.00305. The van der Waals surface area contributed by atoms with Crippen LogP contribution >= 0.6 is 0 Å².